The van der Waals surface area contributed by atoms with Crippen LogP contribution in [0.25, 0.3) is 0 Å². The summed E-state index contributed by atoms with van der Waals surface area (Å²) < 4.78 is 1.01. The molecule has 2 nitrogen and oxygen atoms in total. The third-order valence-corrected chi connectivity index (χ3v) is 4.15. The highest BCUT2D eigenvalue weighted by atomic mass is 79.9. The first-order valence-electron chi connectivity index (χ1n) is 5.24. The molecule has 1 heterocycles. The van der Waals surface area contributed by atoms with Gasteiger partial charge in [-0.1, -0.05) is 6.07 Å². The molecule has 0 spiro atoms. The molecule has 17 heavy (non-hydrogen) atoms. The fourth-order valence-corrected chi connectivity index (χ4v) is 2.89. The number of halogens is 1. The van der Waals surface area contributed by atoms with Gasteiger partial charge in [-0.2, -0.15) is 0 Å². The molecule has 2 aromatic rings. The molecule has 4 heteroatoms. The van der Waals surface area contributed by atoms with E-state index in [1.54, 1.807) is 18.0 Å². The molecular formula is C13H13BrN2S. The lowest BCUT2D eigenvalue weighted by Gasteiger charge is -2.07. The van der Waals surface area contributed by atoms with Crippen molar-refractivity contribution in [2.75, 3.05) is 5.73 Å². The second-order valence-corrected chi connectivity index (χ2v) is 5.70. The van der Waals surface area contributed by atoms with Gasteiger partial charge in [0, 0.05) is 33.2 Å². The molecule has 0 unspecified atom stereocenters. The molecule has 2 rings (SSSR count). The molecule has 0 amide bonds. The lowest BCUT2D eigenvalue weighted by Crippen LogP contribution is -1.91. The molecule has 88 valence electrons. The number of thioether (sulfide) groups is 1. The van der Waals surface area contributed by atoms with Crippen LogP contribution in [-0.4, -0.2) is 4.98 Å². The highest BCUT2D eigenvalue weighted by molar-refractivity contribution is 9.10. The van der Waals surface area contributed by atoms with Crippen LogP contribution >= 0.6 is 27.7 Å². The minimum atomic E-state index is 0.849. The number of benzene rings is 1. The minimum absolute atomic E-state index is 0.849. The lowest BCUT2D eigenvalue weighted by atomic mass is 10.2. The molecule has 1 aromatic heterocycles. The van der Waals surface area contributed by atoms with Gasteiger partial charge in [-0.15, -0.1) is 11.8 Å². The Morgan fingerprint density at radius 2 is 2.18 bits per heavy atom. The van der Waals surface area contributed by atoms with Gasteiger partial charge in [-0.05, 0) is 52.2 Å². The second kappa shape index (κ2) is 5.56. The zero-order valence-corrected chi connectivity index (χ0v) is 11.9. The molecule has 2 N–H and O–H groups in total. The Balaban J connectivity index is 2.10. The monoisotopic (exact) mass is 308 g/mol. The van der Waals surface area contributed by atoms with E-state index in [1.165, 1.54) is 10.5 Å². The van der Waals surface area contributed by atoms with Crippen molar-refractivity contribution in [3.05, 3.63) is 52.3 Å². The highest BCUT2D eigenvalue weighted by Gasteiger charge is 2.03. The normalized spacial score (nSPS) is 10.5. The third-order valence-electron chi connectivity index (χ3n) is 2.48. The molecule has 0 radical (unpaired) electrons. The van der Waals surface area contributed by atoms with Crippen molar-refractivity contribution in [3.63, 3.8) is 0 Å². The van der Waals surface area contributed by atoms with Gasteiger partial charge in [-0.25, -0.2) is 0 Å². The molecule has 0 aliphatic rings. The Kier molecular flexibility index (Phi) is 4.07. The number of pyridine rings is 1. The zero-order valence-electron chi connectivity index (χ0n) is 9.48. The first-order valence-corrected chi connectivity index (χ1v) is 7.02. The van der Waals surface area contributed by atoms with Crippen molar-refractivity contribution >= 4 is 33.4 Å². The van der Waals surface area contributed by atoms with Gasteiger partial charge in [0.15, 0.2) is 0 Å². The van der Waals surface area contributed by atoms with Gasteiger partial charge in [0.1, 0.15) is 0 Å². The number of anilines is 1. The molecule has 0 bridgehead atoms. The van der Waals surface area contributed by atoms with Gasteiger partial charge >= 0.3 is 0 Å². The van der Waals surface area contributed by atoms with E-state index in [0.29, 0.717) is 0 Å². The molecule has 0 saturated carbocycles. The molecule has 0 atom stereocenters. The molecule has 0 aliphatic heterocycles. The number of rotatable bonds is 3. The second-order valence-electron chi connectivity index (χ2n) is 3.77. The molecule has 0 fully saturated rings. The van der Waals surface area contributed by atoms with E-state index >= 15 is 0 Å². The van der Waals surface area contributed by atoms with Gasteiger partial charge in [-0.3, -0.25) is 4.98 Å². The van der Waals surface area contributed by atoms with E-state index < -0.39 is 0 Å². The smallest absolute Gasteiger partial charge is 0.0410 e. The molecule has 0 saturated heterocycles. The fourth-order valence-electron chi connectivity index (χ4n) is 1.48. The number of nitrogens with zero attached hydrogens (tertiary/aromatic N) is 1. The van der Waals surface area contributed by atoms with Gasteiger partial charge in [0.25, 0.3) is 0 Å². The summed E-state index contributed by atoms with van der Waals surface area (Å²) in [4.78, 5) is 5.38. The average molecular weight is 309 g/mol. The Bertz CT molecular complexity index is 529. The van der Waals surface area contributed by atoms with Crippen LogP contribution < -0.4 is 5.73 Å². The first kappa shape index (κ1) is 12.5. The highest BCUT2D eigenvalue weighted by Crippen LogP contribution is 2.29. The van der Waals surface area contributed by atoms with Crippen LogP contribution in [0.3, 0.4) is 0 Å². The van der Waals surface area contributed by atoms with Crippen molar-refractivity contribution in [2.45, 2.75) is 17.6 Å². The van der Waals surface area contributed by atoms with Crippen LogP contribution in [0, 0.1) is 6.92 Å². The number of hydrogen-bond donors (Lipinski definition) is 1. The van der Waals surface area contributed by atoms with E-state index in [1.807, 2.05) is 18.3 Å². The third kappa shape index (κ3) is 3.23. The van der Waals surface area contributed by atoms with E-state index in [2.05, 4.69) is 40.0 Å². The number of hydrogen-bond acceptors (Lipinski definition) is 3. The van der Waals surface area contributed by atoms with Crippen LogP contribution in [0.4, 0.5) is 5.69 Å². The summed E-state index contributed by atoms with van der Waals surface area (Å²) in [7, 11) is 0. The Hall–Kier alpha value is -1.00. The maximum Gasteiger partial charge on any atom is 0.0410 e. The standard InChI is InChI=1S/C13H13BrN2S/c1-9-12(15)3-2-4-13(9)17-8-10-5-11(14)7-16-6-10/h2-7H,8,15H2,1H3. The summed E-state index contributed by atoms with van der Waals surface area (Å²) in [6.45, 7) is 2.05. The summed E-state index contributed by atoms with van der Waals surface area (Å²) in [5.74, 6) is 0.900. The summed E-state index contributed by atoms with van der Waals surface area (Å²) in [5, 5.41) is 0. The molecule has 1 aromatic carbocycles. The number of nitrogen functional groups attached to an aromatic ring is 1. The lowest BCUT2D eigenvalue weighted by molar-refractivity contribution is 1.23. The van der Waals surface area contributed by atoms with E-state index in [0.717, 1.165) is 21.5 Å². The van der Waals surface area contributed by atoms with Crippen LogP contribution in [0.15, 0.2) is 46.0 Å². The zero-order chi connectivity index (χ0) is 12.3. The maximum atomic E-state index is 5.88. The quantitative estimate of drug-likeness (QED) is 0.687. The van der Waals surface area contributed by atoms with Crippen molar-refractivity contribution in [3.8, 4) is 0 Å². The Morgan fingerprint density at radius 3 is 2.94 bits per heavy atom. The van der Waals surface area contributed by atoms with Crippen molar-refractivity contribution in [1.82, 2.24) is 4.98 Å². The average Bonchev–Trinajstić information content (AvgIpc) is 2.31. The Morgan fingerprint density at radius 1 is 1.35 bits per heavy atom. The summed E-state index contributed by atoms with van der Waals surface area (Å²) in [6.07, 6.45) is 3.68. The summed E-state index contributed by atoms with van der Waals surface area (Å²) in [6, 6.07) is 8.10. The predicted molar refractivity (Wildman–Crippen MR) is 77.1 cm³/mol. The predicted octanol–water partition coefficient (Wildman–Crippen LogP) is 4.03. The van der Waals surface area contributed by atoms with Crippen molar-refractivity contribution in [2.24, 2.45) is 0 Å². The van der Waals surface area contributed by atoms with Gasteiger partial charge < -0.3 is 5.73 Å². The van der Waals surface area contributed by atoms with E-state index in [-0.39, 0.29) is 0 Å². The van der Waals surface area contributed by atoms with Crippen LogP contribution in [-0.2, 0) is 5.75 Å². The first-order chi connectivity index (χ1) is 8.16. The van der Waals surface area contributed by atoms with Crippen LogP contribution in [0.2, 0.25) is 0 Å². The van der Waals surface area contributed by atoms with E-state index in [9.17, 15) is 0 Å². The Labute approximate surface area is 114 Å². The minimum Gasteiger partial charge on any atom is -0.398 e. The number of nitrogens with two attached hydrogens (primary N) is 1. The van der Waals surface area contributed by atoms with E-state index in [4.69, 9.17) is 5.73 Å². The fraction of sp³-hybridized carbons (Fsp3) is 0.154. The summed E-state index contributed by atoms with van der Waals surface area (Å²) in [5.41, 5.74) is 9.08. The topological polar surface area (TPSA) is 38.9 Å². The van der Waals surface area contributed by atoms with Crippen molar-refractivity contribution < 1.29 is 0 Å². The molecular weight excluding hydrogens is 296 g/mol. The molecule has 0 aliphatic carbocycles. The van der Waals surface area contributed by atoms with Gasteiger partial charge in [0.05, 0.1) is 0 Å². The summed E-state index contributed by atoms with van der Waals surface area (Å²) >= 11 is 5.20. The van der Waals surface area contributed by atoms with Crippen LogP contribution in [0.1, 0.15) is 11.1 Å². The van der Waals surface area contributed by atoms with Gasteiger partial charge in [0.2, 0.25) is 0 Å². The number of aromatic nitrogens is 1. The maximum absolute atomic E-state index is 5.88. The SMILES string of the molecule is Cc1c(N)cccc1SCc1cncc(Br)c1. The largest absolute Gasteiger partial charge is 0.398 e. The van der Waals surface area contributed by atoms with Crippen LogP contribution in [0.5, 0.6) is 0 Å². The van der Waals surface area contributed by atoms with Crippen molar-refractivity contribution in [1.29, 1.82) is 0 Å².